The summed E-state index contributed by atoms with van der Waals surface area (Å²) in [5.74, 6) is 0.534. The fourth-order valence-electron chi connectivity index (χ4n) is 3.10. The third-order valence-electron chi connectivity index (χ3n) is 5.35. The molecule has 0 atom stereocenters. The van der Waals surface area contributed by atoms with Crippen LogP contribution in [-0.2, 0) is 9.31 Å². The minimum Gasteiger partial charge on any atom is -0.456 e. The number of hydrogen-bond donors (Lipinski definition) is 0. The number of para-hydroxylation sites is 1. The van der Waals surface area contributed by atoms with Crippen LogP contribution in [0.25, 0.3) is 22.3 Å². The quantitative estimate of drug-likeness (QED) is 0.662. The fraction of sp³-hybridized carbons (Fsp3) is 0.286. The molecule has 0 N–H and O–H groups in total. The molecule has 4 nitrogen and oxygen atoms in total. The summed E-state index contributed by atoms with van der Waals surface area (Å²) in [5, 5.41) is 0.525. The van der Waals surface area contributed by atoms with Crippen LogP contribution in [0.3, 0.4) is 0 Å². The van der Waals surface area contributed by atoms with Crippen LogP contribution in [0.2, 0.25) is 0 Å². The molecule has 1 aliphatic rings. The molecule has 0 radical (unpaired) electrons. The molecule has 0 spiro atoms. The highest BCUT2D eigenvalue weighted by Crippen LogP contribution is 2.37. The first-order valence-electron chi connectivity index (χ1n) is 8.76. The molecule has 5 heteroatoms. The van der Waals surface area contributed by atoms with Crippen molar-refractivity contribution in [2.75, 3.05) is 0 Å². The lowest BCUT2D eigenvalue weighted by atomic mass is 9.78. The monoisotopic (exact) mass is 348 g/mol. The molecule has 3 aromatic rings. The molecule has 0 saturated carbocycles. The number of hydrogen-bond acceptors (Lipinski definition) is 4. The highest BCUT2D eigenvalue weighted by atomic mass is 16.7. The van der Waals surface area contributed by atoms with Gasteiger partial charge < -0.3 is 13.7 Å². The Bertz CT molecular complexity index is 1010. The largest absolute Gasteiger partial charge is 0.498 e. The summed E-state index contributed by atoms with van der Waals surface area (Å²) in [4.78, 5) is 12.7. The second-order valence-corrected chi connectivity index (χ2v) is 7.65. The van der Waals surface area contributed by atoms with Gasteiger partial charge in [-0.1, -0.05) is 42.5 Å². The lowest BCUT2D eigenvalue weighted by Gasteiger charge is -2.32. The van der Waals surface area contributed by atoms with Crippen molar-refractivity contribution in [2.24, 2.45) is 0 Å². The van der Waals surface area contributed by atoms with Crippen LogP contribution in [0.5, 0.6) is 0 Å². The maximum absolute atomic E-state index is 12.7. The van der Waals surface area contributed by atoms with Gasteiger partial charge in [0.2, 0.25) is 0 Å². The van der Waals surface area contributed by atoms with E-state index in [1.54, 1.807) is 6.07 Å². The molecule has 1 aromatic heterocycles. The molecule has 26 heavy (non-hydrogen) atoms. The number of fused-ring (bicyclic) bond motifs is 1. The predicted octanol–water partition coefficient (Wildman–Crippen LogP) is 3.76. The van der Waals surface area contributed by atoms with Gasteiger partial charge in [0.25, 0.3) is 0 Å². The summed E-state index contributed by atoms with van der Waals surface area (Å²) >= 11 is 0. The zero-order valence-electron chi connectivity index (χ0n) is 15.4. The molecule has 0 bridgehead atoms. The third kappa shape index (κ3) is 2.68. The topological polar surface area (TPSA) is 48.7 Å². The maximum atomic E-state index is 12.7. The predicted molar refractivity (Wildman–Crippen MR) is 104 cm³/mol. The minimum atomic E-state index is -0.585. The summed E-state index contributed by atoms with van der Waals surface area (Å²) in [5.41, 5.74) is 1.10. The fourth-order valence-corrected chi connectivity index (χ4v) is 3.10. The Balaban J connectivity index is 1.89. The third-order valence-corrected chi connectivity index (χ3v) is 5.35. The van der Waals surface area contributed by atoms with Gasteiger partial charge in [-0.15, -0.1) is 0 Å². The zero-order chi connectivity index (χ0) is 18.5. The van der Waals surface area contributed by atoms with Crippen LogP contribution in [0.15, 0.2) is 63.8 Å². The van der Waals surface area contributed by atoms with E-state index < -0.39 is 18.3 Å². The first kappa shape index (κ1) is 17.1. The van der Waals surface area contributed by atoms with Gasteiger partial charge in [-0.25, -0.2) is 0 Å². The standard InChI is InChI=1S/C21H21BO4/c1-20(2)21(3,4)26-22(25-20)16-12-8-11-15-17(23)13-18(24-19(15)16)14-9-6-5-7-10-14/h5-13H,1-4H3. The van der Waals surface area contributed by atoms with Gasteiger partial charge in [0, 0.05) is 17.1 Å². The molecular formula is C21H21BO4. The lowest BCUT2D eigenvalue weighted by molar-refractivity contribution is 0.00578. The first-order valence-corrected chi connectivity index (χ1v) is 8.76. The van der Waals surface area contributed by atoms with E-state index in [-0.39, 0.29) is 5.43 Å². The normalized spacial score (nSPS) is 18.4. The van der Waals surface area contributed by atoms with E-state index in [1.165, 1.54) is 6.07 Å². The van der Waals surface area contributed by atoms with Gasteiger partial charge in [0.05, 0.1) is 16.6 Å². The minimum absolute atomic E-state index is 0.0801. The van der Waals surface area contributed by atoms with Crippen LogP contribution in [-0.4, -0.2) is 18.3 Å². The highest BCUT2D eigenvalue weighted by molar-refractivity contribution is 6.64. The molecular weight excluding hydrogens is 327 g/mol. The average molecular weight is 348 g/mol. The van der Waals surface area contributed by atoms with Gasteiger partial charge in [-0.05, 0) is 33.8 Å². The van der Waals surface area contributed by atoms with Crippen molar-refractivity contribution in [2.45, 2.75) is 38.9 Å². The number of rotatable bonds is 2. The van der Waals surface area contributed by atoms with Crippen molar-refractivity contribution in [1.82, 2.24) is 0 Å². The van der Waals surface area contributed by atoms with E-state index in [2.05, 4.69) is 0 Å². The van der Waals surface area contributed by atoms with Gasteiger partial charge in [-0.3, -0.25) is 4.79 Å². The smallest absolute Gasteiger partial charge is 0.456 e. The van der Waals surface area contributed by atoms with E-state index in [4.69, 9.17) is 13.7 Å². The Labute approximate surface area is 152 Å². The van der Waals surface area contributed by atoms with Gasteiger partial charge in [0.15, 0.2) is 5.43 Å². The zero-order valence-corrected chi connectivity index (χ0v) is 15.4. The number of benzene rings is 2. The Kier molecular flexibility index (Phi) is 3.83. The van der Waals surface area contributed by atoms with Crippen LogP contribution < -0.4 is 10.9 Å². The molecule has 2 heterocycles. The Morgan fingerprint density at radius 2 is 1.50 bits per heavy atom. The van der Waals surface area contributed by atoms with Gasteiger partial charge >= 0.3 is 7.12 Å². The SMILES string of the molecule is CC1(C)OB(c2cccc3c(=O)cc(-c4ccccc4)oc23)OC1(C)C. The van der Waals surface area contributed by atoms with E-state index in [0.29, 0.717) is 16.7 Å². The molecule has 1 fully saturated rings. The van der Waals surface area contributed by atoms with Crippen LogP contribution in [0.4, 0.5) is 0 Å². The molecule has 2 aromatic carbocycles. The summed E-state index contributed by atoms with van der Waals surface area (Å²) in [6.07, 6.45) is 0. The van der Waals surface area contributed by atoms with Crippen molar-refractivity contribution in [3.05, 3.63) is 64.8 Å². The Hall–Kier alpha value is -2.37. The first-order chi connectivity index (χ1) is 12.3. The summed E-state index contributed by atoms with van der Waals surface area (Å²) in [6, 6.07) is 16.6. The van der Waals surface area contributed by atoms with E-state index in [9.17, 15) is 4.79 Å². The van der Waals surface area contributed by atoms with Crippen molar-refractivity contribution in [3.63, 3.8) is 0 Å². The Morgan fingerprint density at radius 1 is 0.846 bits per heavy atom. The second kappa shape index (κ2) is 5.83. The van der Waals surface area contributed by atoms with Crippen molar-refractivity contribution in [3.8, 4) is 11.3 Å². The molecule has 0 amide bonds. The lowest BCUT2D eigenvalue weighted by Crippen LogP contribution is -2.41. The highest BCUT2D eigenvalue weighted by Gasteiger charge is 2.52. The second-order valence-electron chi connectivity index (χ2n) is 7.65. The van der Waals surface area contributed by atoms with Crippen molar-refractivity contribution >= 4 is 23.6 Å². The molecule has 4 rings (SSSR count). The molecule has 0 aliphatic carbocycles. The molecule has 132 valence electrons. The molecule has 1 saturated heterocycles. The summed E-state index contributed by atoms with van der Waals surface area (Å²) in [6.45, 7) is 8.01. The van der Waals surface area contributed by atoms with Gasteiger partial charge in [-0.2, -0.15) is 0 Å². The van der Waals surface area contributed by atoms with E-state index >= 15 is 0 Å². The van der Waals surface area contributed by atoms with Crippen molar-refractivity contribution < 1.29 is 13.7 Å². The molecule has 1 aliphatic heterocycles. The van der Waals surface area contributed by atoms with Crippen molar-refractivity contribution in [1.29, 1.82) is 0 Å². The molecule has 0 unspecified atom stereocenters. The summed E-state index contributed by atoms with van der Waals surface area (Å²) < 4.78 is 18.5. The van der Waals surface area contributed by atoms with Gasteiger partial charge in [0.1, 0.15) is 11.3 Å². The van der Waals surface area contributed by atoms with E-state index in [1.807, 2.05) is 70.2 Å². The average Bonchev–Trinajstić information content (AvgIpc) is 2.82. The Morgan fingerprint density at radius 3 is 2.15 bits per heavy atom. The van der Waals surface area contributed by atoms with Crippen LogP contribution in [0.1, 0.15) is 27.7 Å². The maximum Gasteiger partial charge on any atom is 0.498 e. The van der Waals surface area contributed by atoms with Crippen LogP contribution in [0, 0.1) is 0 Å². The van der Waals surface area contributed by atoms with Crippen LogP contribution >= 0.6 is 0 Å². The summed E-state index contributed by atoms with van der Waals surface area (Å²) in [7, 11) is -0.585. The van der Waals surface area contributed by atoms with E-state index in [0.717, 1.165) is 11.0 Å².